The van der Waals surface area contributed by atoms with Gasteiger partial charge in [-0.1, -0.05) is 29.5 Å². The minimum absolute atomic E-state index is 0.00279. The smallest absolute Gasteiger partial charge is 0.278 e. The highest BCUT2D eigenvalue weighted by Crippen LogP contribution is 2.25. The Labute approximate surface area is 151 Å². The summed E-state index contributed by atoms with van der Waals surface area (Å²) in [6, 6.07) is 12.6. The number of carbonyl (C=O) groups is 1. The third kappa shape index (κ3) is 3.51. The number of aromatic hydroxyl groups is 1. The van der Waals surface area contributed by atoms with Gasteiger partial charge < -0.3 is 15.2 Å². The number of nitrogens with one attached hydrogen (secondary N) is 1. The molecule has 0 unspecified atom stereocenters. The first-order valence-electron chi connectivity index (χ1n) is 8.12. The van der Waals surface area contributed by atoms with Gasteiger partial charge in [0.2, 0.25) is 0 Å². The lowest BCUT2D eigenvalue weighted by molar-refractivity contribution is 0.102. The molecule has 2 aromatic carbocycles. The first-order valence-corrected chi connectivity index (χ1v) is 8.12. The maximum Gasteiger partial charge on any atom is 0.278 e. The number of phenolic OH excluding ortho intramolecular Hbond substituents is 1. The molecule has 7 nitrogen and oxygen atoms in total. The molecule has 3 aromatic rings. The zero-order valence-corrected chi connectivity index (χ0v) is 14.9. The molecule has 0 spiro atoms. The molecule has 0 aliphatic carbocycles. The van der Waals surface area contributed by atoms with Crippen LogP contribution in [0.4, 0.5) is 5.69 Å². The Balaban J connectivity index is 1.82. The Hall–Kier alpha value is -3.35. The molecule has 1 heterocycles. The van der Waals surface area contributed by atoms with E-state index >= 15 is 0 Å². The minimum atomic E-state index is -0.422. The summed E-state index contributed by atoms with van der Waals surface area (Å²) in [5, 5.41) is 20.6. The number of hydrogen-bond acceptors (Lipinski definition) is 5. The van der Waals surface area contributed by atoms with E-state index in [2.05, 4.69) is 15.6 Å². The predicted molar refractivity (Wildman–Crippen MR) is 97.7 cm³/mol. The molecule has 134 valence electrons. The van der Waals surface area contributed by atoms with Crippen LogP contribution < -0.4 is 10.1 Å². The van der Waals surface area contributed by atoms with Crippen molar-refractivity contribution in [2.45, 2.75) is 20.4 Å². The van der Waals surface area contributed by atoms with E-state index in [-0.39, 0.29) is 11.4 Å². The van der Waals surface area contributed by atoms with Gasteiger partial charge in [-0.25, -0.2) is 4.68 Å². The molecule has 0 saturated heterocycles. The van der Waals surface area contributed by atoms with Gasteiger partial charge in [0.15, 0.2) is 5.69 Å². The Morgan fingerprint density at radius 2 is 2.00 bits per heavy atom. The number of rotatable bonds is 5. The second kappa shape index (κ2) is 7.26. The number of hydrogen-bond donors (Lipinski definition) is 2. The number of benzene rings is 2. The second-order valence-corrected chi connectivity index (χ2v) is 5.97. The molecule has 0 fully saturated rings. The zero-order valence-electron chi connectivity index (χ0n) is 14.9. The SMILES string of the molecule is COc1ccccc1Cn1nnc(C(=O)Nc2cc(C)ccc2O)c1C. The van der Waals surface area contributed by atoms with Crippen molar-refractivity contribution in [2.75, 3.05) is 12.4 Å². The van der Waals surface area contributed by atoms with Gasteiger partial charge in [-0.2, -0.15) is 0 Å². The van der Waals surface area contributed by atoms with Crippen LogP contribution in [0.15, 0.2) is 42.5 Å². The number of amides is 1. The molecule has 0 atom stereocenters. The third-order valence-corrected chi connectivity index (χ3v) is 4.11. The largest absolute Gasteiger partial charge is 0.506 e. The van der Waals surface area contributed by atoms with E-state index in [1.54, 1.807) is 30.8 Å². The fraction of sp³-hybridized carbons (Fsp3) is 0.211. The van der Waals surface area contributed by atoms with Crippen molar-refractivity contribution in [1.82, 2.24) is 15.0 Å². The summed E-state index contributed by atoms with van der Waals surface area (Å²) < 4.78 is 6.99. The highest BCUT2D eigenvalue weighted by molar-refractivity contribution is 6.04. The van der Waals surface area contributed by atoms with Crippen molar-refractivity contribution in [3.63, 3.8) is 0 Å². The monoisotopic (exact) mass is 352 g/mol. The average molecular weight is 352 g/mol. The van der Waals surface area contributed by atoms with E-state index in [9.17, 15) is 9.90 Å². The van der Waals surface area contributed by atoms with Crippen molar-refractivity contribution >= 4 is 11.6 Å². The number of phenols is 1. The van der Waals surface area contributed by atoms with Crippen LogP contribution in [-0.4, -0.2) is 33.1 Å². The summed E-state index contributed by atoms with van der Waals surface area (Å²) in [6.45, 7) is 4.09. The fourth-order valence-electron chi connectivity index (χ4n) is 2.65. The van der Waals surface area contributed by atoms with Gasteiger partial charge in [0.1, 0.15) is 11.5 Å². The Kier molecular flexibility index (Phi) is 4.88. The predicted octanol–water partition coefficient (Wildman–Crippen LogP) is 2.91. The minimum Gasteiger partial charge on any atom is -0.506 e. The van der Waals surface area contributed by atoms with Gasteiger partial charge in [0.05, 0.1) is 25.0 Å². The molecular weight excluding hydrogens is 332 g/mol. The molecule has 3 rings (SSSR count). The molecule has 0 radical (unpaired) electrons. The number of nitrogens with zero attached hydrogens (tertiary/aromatic N) is 3. The first kappa shape index (κ1) is 17.5. The summed E-state index contributed by atoms with van der Waals surface area (Å²) >= 11 is 0. The molecule has 0 aliphatic rings. The molecule has 1 amide bonds. The first-order chi connectivity index (χ1) is 12.5. The van der Waals surface area contributed by atoms with Crippen LogP contribution in [0.2, 0.25) is 0 Å². The number of carbonyl (C=O) groups excluding carboxylic acids is 1. The molecule has 1 aromatic heterocycles. The van der Waals surface area contributed by atoms with Crippen molar-refractivity contribution < 1.29 is 14.6 Å². The van der Waals surface area contributed by atoms with E-state index in [0.717, 1.165) is 16.9 Å². The number of aromatic nitrogens is 3. The standard InChI is InChI=1S/C19H20N4O3/c1-12-8-9-16(24)15(10-12)20-19(25)18-13(2)23(22-21-18)11-14-6-4-5-7-17(14)26-3/h4-10,24H,11H2,1-3H3,(H,20,25). The normalized spacial score (nSPS) is 10.6. The Bertz CT molecular complexity index is 950. The summed E-state index contributed by atoms with van der Waals surface area (Å²) in [4.78, 5) is 12.5. The fourth-order valence-corrected chi connectivity index (χ4v) is 2.65. The Morgan fingerprint density at radius 3 is 2.77 bits per heavy atom. The van der Waals surface area contributed by atoms with Crippen molar-refractivity contribution in [1.29, 1.82) is 0 Å². The second-order valence-electron chi connectivity index (χ2n) is 5.97. The van der Waals surface area contributed by atoms with E-state index < -0.39 is 5.91 Å². The molecule has 0 bridgehead atoms. The van der Waals surface area contributed by atoms with Gasteiger partial charge in [0.25, 0.3) is 5.91 Å². The van der Waals surface area contributed by atoms with E-state index in [1.165, 1.54) is 6.07 Å². The summed E-state index contributed by atoms with van der Waals surface area (Å²) in [5.41, 5.74) is 3.04. The maximum absolute atomic E-state index is 12.5. The zero-order chi connectivity index (χ0) is 18.7. The summed E-state index contributed by atoms with van der Waals surface area (Å²) in [6.07, 6.45) is 0. The topological polar surface area (TPSA) is 89.3 Å². The third-order valence-electron chi connectivity index (χ3n) is 4.11. The van der Waals surface area contributed by atoms with Crippen LogP contribution in [0, 0.1) is 13.8 Å². The van der Waals surface area contributed by atoms with Gasteiger partial charge in [0, 0.05) is 5.56 Å². The highest BCUT2D eigenvalue weighted by atomic mass is 16.5. The highest BCUT2D eigenvalue weighted by Gasteiger charge is 2.18. The van der Waals surface area contributed by atoms with E-state index in [1.807, 2.05) is 31.2 Å². The number of para-hydroxylation sites is 1. The lowest BCUT2D eigenvalue weighted by Crippen LogP contribution is -2.14. The number of methoxy groups -OCH3 is 1. The van der Waals surface area contributed by atoms with Crippen LogP contribution >= 0.6 is 0 Å². The number of ether oxygens (including phenoxy) is 1. The molecule has 7 heteroatoms. The van der Waals surface area contributed by atoms with Crippen LogP contribution in [0.5, 0.6) is 11.5 Å². The van der Waals surface area contributed by atoms with Gasteiger partial charge in [-0.3, -0.25) is 4.79 Å². The lowest BCUT2D eigenvalue weighted by atomic mass is 10.2. The Morgan fingerprint density at radius 1 is 1.23 bits per heavy atom. The van der Waals surface area contributed by atoms with Crippen LogP contribution in [-0.2, 0) is 6.54 Å². The quantitative estimate of drug-likeness (QED) is 0.689. The van der Waals surface area contributed by atoms with E-state index in [4.69, 9.17) is 4.74 Å². The maximum atomic E-state index is 12.5. The van der Waals surface area contributed by atoms with Crippen molar-refractivity contribution in [2.24, 2.45) is 0 Å². The van der Waals surface area contributed by atoms with Gasteiger partial charge >= 0.3 is 0 Å². The van der Waals surface area contributed by atoms with Crippen LogP contribution in [0.25, 0.3) is 0 Å². The van der Waals surface area contributed by atoms with Crippen molar-refractivity contribution in [3.8, 4) is 11.5 Å². The molecular formula is C19H20N4O3. The van der Waals surface area contributed by atoms with E-state index in [0.29, 0.717) is 17.9 Å². The average Bonchev–Trinajstić information content (AvgIpc) is 2.99. The molecule has 0 aliphatic heterocycles. The molecule has 2 N–H and O–H groups in total. The van der Waals surface area contributed by atoms with Gasteiger partial charge in [-0.15, -0.1) is 5.10 Å². The van der Waals surface area contributed by atoms with Crippen LogP contribution in [0.1, 0.15) is 27.3 Å². The summed E-state index contributed by atoms with van der Waals surface area (Å²) in [5.74, 6) is 0.329. The number of aryl methyl sites for hydroxylation is 1. The lowest BCUT2D eigenvalue weighted by Gasteiger charge is -2.09. The molecule has 0 saturated carbocycles. The molecule has 26 heavy (non-hydrogen) atoms. The number of anilines is 1. The van der Waals surface area contributed by atoms with Crippen LogP contribution in [0.3, 0.4) is 0 Å². The van der Waals surface area contributed by atoms with Gasteiger partial charge in [-0.05, 0) is 37.6 Å². The summed E-state index contributed by atoms with van der Waals surface area (Å²) in [7, 11) is 1.61. The van der Waals surface area contributed by atoms with Crippen molar-refractivity contribution in [3.05, 3.63) is 65.0 Å².